The molecule has 1 unspecified atom stereocenters. The van der Waals surface area contributed by atoms with E-state index in [-0.39, 0.29) is 11.8 Å². The second-order valence-electron chi connectivity index (χ2n) is 3.58. The molecule has 1 aromatic carbocycles. The summed E-state index contributed by atoms with van der Waals surface area (Å²) in [6, 6.07) is 9.01. The minimum atomic E-state index is -4.60. The van der Waals surface area contributed by atoms with Crippen molar-refractivity contribution in [2.75, 3.05) is 0 Å². The molecule has 3 nitrogen and oxygen atoms in total. The first-order valence-corrected chi connectivity index (χ1v) is 4.94. The first kappa shape index (κ1) is 11.6. The van der Waals surface area contributed by atoms with Crippen LogP contribution in [0.3, 0.4) is 0 Å². The highest BCUT2D eigenvalue weighted by molar-refractivity contribution is 5.23. The van der Waals surface area contributed by atoms with Crippen LogP contribution in [0.4, 0.5) is 13.2 Å². The summed E-state index contributed by atoms with van der Waals surface area (Å²) in [6.07, 6.45) is -4.60. The summed E-state index contributed by atoms with van der Waals surface area (Å²) in [6.45, 7) is 1.71. The Morgan fingerprint density at radius 1 is 1.12 bits per heavy atom. The number of hydrogen-bond acceptors (Lipinski definition) is 3. The van der Waals surface area contributed by atoms with Gasteiger partial charge in [0, 0.05) is 0 Å². The Labute approximate surface area is 95.3 Å². The van der Waals surface area contributed by atoms with Crippen molar-refractivity contribution >= 4 is 0 Å². The van der Waals surface area contributed by atoms with Crippen molar-refractivity contribution in [2.45, 2.75) is 19.0 Å². The Balaban J connectivity index is 2.27. The molecule has 0 bridgehead atoms. The highest BCUT2D eigenvalue weighted by Crippen LogP contribution is 2.30. The summed E-state index contributed by atoms with van der Waals surface area (Å²) in [5, 5.41) is 6.41. The maximum Gasteiger partial charge on any atom is 0.470 e. The van der Waals surface area contributed by atoms with Crippen LogP contribution in [0.2, 0.25) is 0 Å². The van der Waals surface area contributed by atoms with Gasteiger partial charge in [0.2, 0.25) is 5.89 Å². The van der Waals surface area contributed by atoms with Crippen LogP contribution in [0.5, 0.6) is 0 Å². The maximum atomic E-state index is 12.3. The van der Waals surface area contributed by atoms with Crippen molar-refractivity contribution in [1.29, 1.82) is 0 Å². The molecule has 6 heteroatoms. The lowest BCUT2D eigenvalue weighted by Gasteiger charge is -2.06. The fourth-order valence-corrected chi connectivity index (χ4v) is 1.41. The van der Waals surface area contributed by atoms with Gasteiger partial charge in [-0.2, -0.15) is 13.2 Å². The maximum absolute atomic E-state index is 12.3. The van der Waals surface area contributed by atoms with Crippen molar-refractivity contribution in [3.8, 4) is 0 Å². The third-order valence-electron chi connectivity index (χ3n) is 2.35. The Bertz CT molecular complexity index is 493. The van der Waals surface area contributed by atoms with E-state index in [0.717, 1.165) is 5.56 Å². The normalized spacial score (nSPS) is 13.6. The van der Waals surface area contributed by atoms with Gasteiger partial charge >= 0.3 is 12.1 Å². The van der Waals surface area contributed by atoms with Gasteiger partial charge in [-0.1, -0.05) is 30.3 Å². The van der Waals surface area contributed by atoms with Crippen LogP contribution in [0.25, 0.3) is 0 Å². The SMILES string of the molecule is CC(c1ccccc1)c1nnc(C(F)(F)F)o1. The molecule has 0 aliphatic carbocycles. The van der Waals surface area contributed by atoms with Crippen molar-refractivity contribution < 1.29 is 17.6 Å². The van der Waals surface area contributed by atoms with Gasteiger partial charge in [0.05, 0.1) is 5.92 Å². The standard InChI is InChI=1S/C11H9F3N2O/c1-7(8-5-3-2-4-6-8)9-15-16-10(17-9)11(12,13)14/h2-7H,1H3. The highest BCUT2D eigenvalue weighted by Gasteiger charge is 2.38. The van der Waals surface area contributed by atoms with E-state index in [1.165, 1.54) is 0 Å². The molecule has 1 aromatic heterocycles. The average molecular weight is 242 g/mol. The summed E-state index contributed by atoms with van der Waals surface area (Å²) in [4.78, 5) is 0. The van der Waals surface area contributed by atoms with E-state index in [2.05, 4.69) is 14.6 Å². The number of nitrogens with zero attached hydrogens (tertiary/aromatic N) is 2. The summed E-state index contributed by atoms with van der Waals surface area (Å²) in [7, 11) is 0. The predicted molar refractivity (Wildman–Crippen MR) is 53.3 cm³/mol. The molecule has 0 radical (unpaired) electrons. The van der Waals surface area contributed by atoms with Gasteiger partial charge in [0.15, 0.2) is 0 Å². The van der Waals surface area contributed by atoms with Gasteiger partial charge in [0.1, 0.15) is 0 Å². The highest BCUT2D eigenvalue weighted by atomic mass is 19.4. The zero-order chi connectivity index (χ0) is 12.5. The van der Waals surface area contributed by atoms with Crippen LogP contribution in [-0.2, 0) is 6.18 Å². The molecule has 1 atom stereocenters. The zero-order valence-electron chi connectivity index (χ0n) is 8.90. The summed E-state index contributed by atoms with van der Waals surface area (Å²) in [5.41, 5.74) is 0.824. The molecule has 0 spiro atoms. The Kier molecular flexibility index (Phi) is 2.87. The van der Waals surface area contributed by atoms with E-state index < -0.39 is 12.1 Å². The van der Waals surface area contributed by atoms with E-state index in [0.29, 0.717) is 0 Å². The Hall–Kier alpha value is -1.85. The average Bonchev–Trinajstić information content (AvgIpc) is 2.78. The van der Waals surface area contributed by atoms with Gasteiger partial charge in [-0.3, -0.25) is 0 Å². The summed E-state index contributed by atoms with van der Waals surface area (Å²) < 4.78 is 41.4. The Morgan fingerprint density at radius 2 is 1.76 bits per heavy atom. The molecular formula is C11H9F3N2O. The second kappa shape index (κ2) is 4.20. The molecule has 0 saturated carbocycles. The van der Waals surface area contributed by atoms with E-state index in [9.17, 15) is 13.2 Å². The van der Waals surface area contributed by atoms with Crippen molar-refractivity contribution in [2.24, 2.45) is 0 Å². The van der Waals surface area contributed by atoms with Gasteiger partial charge in [-0.15, -0.1) is 10.2 Å². The molecule has 0 amide bonds. The lowest BCUT2D eigenvalue weighted by molar-refractivity contribution is -0.157. The van der Waals surface area contributed by atoms with Gasteiger partial charge in [-0.25, -0.2) is 0 Å². The molecule has 90 valence electrons. The Morgan fingerprint density at radius 3 is 2.29 bits per heavy atom. The molecule has 2 aromatic rings. The molecule has 0 saturated heterocycles. The van der Waals surface area contributed by atoms with Crippen molar-refractivity contribution in [1.82, 2.24) is 10.2 Å². The molecule has 2 rings (SSSR count). The van der Waals surface area contributed by atoms with Crippen LogP contribution in [0, 0.1) is 0 Å². The molecule has 0 aliphatic heterocycles. The number of rotatable bonds is 2. The summed E-state index contributed by atoms with van der Waals surface area (Å²) in [5.74, 6) is -1.71. The fraction of sp³-hybridized carbons (Fsp3) is 0.273. The van der Waals surface area contributed by atoms with Crippen LogP contribution in [0.1, 0.15) is 30.2 Å². The largest absolute Gasteiger partial charge is 0.470 e. The van der Waals surface area contributed by atoms with E-state index >= 15 is 0 Å². The molecule has 0 fully saturated rings. The van der Waals surface area contributed by atoms with Crippen LogP contribution in [-0.4, -0.2) is 10.2 Å². The number of alkyl halides is 3. The number of aromatic nitrogens is 2. The lowest BCUT2D eigenvalue weighted by atomic mass is 10.0. The number of hydrogen-bond donors (Lipinski definition) is 0. The van der Waals surface area contributed by atoms with Gasteiger partial charge in [0.25, 0.3) is 0 Å². The third-order valence-corrected chi connectivity index (χ3v) is 2.35. The minimum Gasteiger partial charge on any atom is -0.417 e. The molecule has 0 N–H and O–H groups in total. The fourth-order valence-electron chi connectivity index (χ4n) is 1.41. The smallest absolute Gasteiger partial charge is 0.417 e. The van der Waals surface area contributed by atoms with Gasteiger partial charge in [-0.05, 0) is 12.5 Å². The molecule has 1 heterocycles. The minimum absolute atomic E-state index is 0.0384. The van der Waals surface area contributed by atoms with Crippen LogP contribution in [0.15, 0.2) is 34.7 Å². The first-order valence-electron chi connectivity index (χ1n) is 4.94. The van der Waals surface area contributed by atoms with Crippen molar-refractivity contribution in [3.63, 3.8) is 0 Å². The number of benzene rings is 1. The first-order chi connectivity index (χ1) is 7.98. The number of halogens is 3. The summed E-state index contributed by atoms with van der Waals surface area (Å²) >= 11 is 0. The monoisotopic (exact) mass is 242 g/mol. The quantitative estimate of drug-likeness (QED) is 0.811. The molecular weight excluding hydrogens is 233 g/mol. The lowest BCUT2D eigenvalue weighted by Crippen LogP contribution is -2.04. The molecule has 0 aliphatic rings. The topological polar surface area (TPSA) is 38.9 Å². The van der Waals surface area contributed by atoms with E-state index in [4.69, 9.17) is 0 Å². The van der Waals surface area contributed by atoms with Crippen molar-refractivity contribution in [3.05, 3.63) is 47.7 Å². The van der Waals surface area contributed by atoms with E-state index in [1.807, 2.05) is 6.07 Å². The zero-order valence-corrected chi connectivity index (χ0v) is 8.90. The van der Waals surface area contributed by atoms with E-state index in [1.54, 1.807) is 31.2 Å². The van der Waals surface area contributed by atoms with Gasteiger partial charge < -0.3 is 4.42 Å². The third kappa shape index (κ3) is 2.46. The van der Waals surface area contributed by atoms with Crippen LogP contribution < -0.4 is 0 Å². The predicted octanol–water partition coefficient (Wildman–Crippen LogP) is 3.24. The molecule has 17 heavy (non-hydrogen) atoms. The van der Waals surface area contributed by atoms with Crippen LogP contribution >= 0.6 is 0 Å². The second-order valence-corrected chi connectivity index (χ2v) is 3.58.